The summed E-state index contributed by atoms with van der Waals surface area (Å²) in [5.74, 6) is 0. The number of nitrogens with zero attached hydrogens (tertiary/aromatic N) is 2. The van der Waals surface area contributed by atoms with Crippen LogP contribution in [0.25, 0.3) is 0 Å². The zero-order valence-electron chi connectivity index (χ0n) is 12.2. The molecule has 2 aromatic rings. The average Bonchev–Trinajstić information content (AvgIpc) is 2.96. The van der Waals surface area contributed by atoms with Crippen LogP contribution in [0.3, 0.4) is 0 Å². The van der Waals surface area contributed by atoms with E-state index in [1.54, 1.807) is 0 Å². The van der Waals surface area contributed by atoms with Gasteiger partial charge in [-0.25, -0.2) is 0 Å². The average molecular weight is 276 g/mol. The Hall–Kier alpha value is -1.93. The molecule has 106 valence electrons. The summed E-state index contributed by atoms with van der Waals surface area (Å²) in [6.07, 6.45) is 4.16. The zero-order chi connectivity index (χ0) is 14.1. The fourth-order valence-corrected chi connectivity index (χ4v) is 3.59. The fourth-order valence-electron chi connectivity index (χ4n) is 3.59. The highest BCUT2D eigenvalue weighted by Gasteiger charge is 2.38. The molecule has 2 heteroatoms. The van der Waals surface area contributed by atoms with Gasteiger partial charge in [0.1, 0.15) is 6.17 Å². The smallest absolute Gasteiger partial charge is 0.103 e. The molecule has 2 aromatic carbocycles. The summed E-state index contributed by atoms with van der Waals surface area (Å²) in [5, 5.41) is 0. The van der Waals surface area contributed by atoms with Gasteiger partial charge in [0.25, 0.3) is 0 Å². The molecule has 2 aliphatic rings. The van der Waals surface area contributed by atoms with Gasteiger partial charge in [0.2, 0.25) is 0 Å². The van der Waals surface area contributed by atoms with Crippen LogP contribution in [0.1, 0.15) is 36.4 Å². The molecule has 21 heavy (non-hydrogen) atoms. The van der Waals surface area contributed by atoms with Crippen LogP contribution in [0.15, 0.2) is 65.7 Å². The van der Waals surface area contributed by atoms with Crippen molar-refractivity contribution < 1.29 is 0 Å². The van der Waals surface area contributed by atoms with E-state index in [9.17, 15) is 0 Å². The summed E-state index contributed by atoms with van der Waals surface area (Å²) < 4.78 is 0. The molecule has 0 N–H and O–H groups in total. The van der Waals surface area contributed by atoms with Crippen molar-refractivity contribution in [3.05, 3.63) is 71.8 Å². The van der Waals surface area contributed by atoms with E-state index in [-0.39, 0.29) is 0 Å². The van der Waals surface area contributed by atoms with E-state index in [1.165, 1.54) is 36.1 Å². The van der Waals surface area contributed by atoms with Crippen molar-refractivity contribution >= 4 is 5.71 Å². The number of rotatable bonds is 2. The molecule has 2 unspecified atom stereocenters. The third-order valence-electron chi connectivity index (χ3n) is 4.58. The molecule has 0 bridgehead atoms. The number of hydrogen-bond donors (Lipinski definition) is 0. The molecule has 0 saturated carbocycles. The van der Waals surface area contributed by atoms with Gasteiger partial charge >= 0.3 is 0 Å². The van der Waals surface area contributed by atoms with Crippen molar-refractivity contribution in [2.45, 2.75) is 31.5 Å². The summed E-state index contributed by atoms with van der Waals surface area (Å²) in [4.78, 5) is 7.67. The Bertz CT molecular complexity index is 633. The first-order valence-corrected chi connectivity index (χ1v) is 7.87. The maximum atomic E-state index is 5.08. The first-order chi connectivity index (χ1) is 10.4. The lowest BCUT2D eigenvalue weighted by molar-refractivity contribution is 0.151. The molecular weight excluding hydrogens is 256 g/mol. The topological polar surface area (TPSA) is 15.6 Å². The number of fused-ring (bicyclic) bond motifs is 1. The van der Waals surface area contributed by atoms with Gasteiger partial charge in [-0.3, -0.25) is 9.89 Å². The Morgan fingerprint density at radius 3 is 2.33 bits per heavy atom. The number of hydrogen-bond acceptors (Lipinski definition) is 2. The molecule has 0 aromatic heterocycles. The predicted molar refractivity (Wildman–Crippen MR) is 86.5 cm³/mol. The molecule has 0 aliphatic carbocycles. The molecule has 0 amide bonds. The van der Waals surface area contributed by atoms with Crippen molar-refractivity contribution in [3.63, 3.8) is 0 Å². The molecule has 4 rings (SSSR count). The normalized spacial score (nSPS) is 25.4. The van der Waals surface area contributed by atoms with Crippen LogP contribution >= 0.6 is 0 Å². The van der Waals surface area contributed by atoms with Gasteiger partial charge in [-0.15, -0.1) is 0 Å². The molecular formula is C19H20N2. The van der Waals surface area contributed by atoms with E-state index >= 15 is 0 Å². The molecule has 1 fully saturated rings. The highest BCUT2D eigenvalue weighted by molar-refractivity contribution is 6.06. The van der Waals surface area contributed by atoms with Crippen molar-refractivity contribution in [1.29, 1.82) is 0 Å². The van der Waals surface area contributed by atoms with Gasteiger partial charge < -0.3 is 0 Å². The van der Waals surface area contributed by atoms with E-state index in [2.05, 4.69) is 65.6 Å². The van der Waals surface area contributed by atoms with Crippen LogP contribution in [0, 0.1) is 0 Å². The van der Waals surface area contributed by atoms with Crippen molar-refractivity contribution in [1.82, 2.24) is 4.90 Å². The number of aliphatic imine (C=N–C) groups is 1. The molecule has 2 heterocycles. The highest BCUT2D eigenvalue weighted by Crippen LogP contribution is 2.37. The van der Waals surface area contributed by atoms with Gasteiger partial charge in [0.05, 0.1) is 11.8 Å². The van der Waals surface area contributed by atoms with Gasteiger partial charge in [-0.2, -0.15) is 0 Å². The lowest BCUT2D eigenvalue weighted by Crippen LogP contribution is -2.38. The largest absolute Gasteiger partial charge is 0.269 e. The molecule has 2 nitrogen and oxygen atoms in total. The Morgan fingerprint density at radius 2 is 1.57 bits per heavy atom. The zero-order valence-corrected chi connectivity index (χ0v) is 12.2. The number of piperidine rings is 1. The quantitative estimate of drug-likeness (QED) is 0.808. The van der Waals surface area contributed by atoms with E-state index in [4.69, 9.17) is 4.99 Å². The lowest BCUT2D eigenvalue weighted by atomic mass is 9.95. The van der Waals surface area contributed by atoms with Crippen molar-refractivity contribution in [2.75, 3.05) is 6.54 Å². The minimum absolute atomic E-state index is 0.318. The first kappa shape index (κ1) is 12.8. The van der Waals surface area contributed by atoms with Crippen LogP contribution in [-0.4, -0.2) is 23.3 Å². The second kappa shape index (κ2) is 5.45. The van der Waals surface area contributed by atoms with Gasteiger partial charge in [-0.1, -0.05) is 60.7 Å². The first-order valence-electron chi connectivity index (χ1n) is 7.87. The van der Waals surface area contributed by atoms with Gasteiger partial charge in [0, 0.05) is 6.54 Å². The standard InChI is InChI=1S/C19H20N2/c1-3-9-15(10-4-1)18-19(16-11-5-2-6-12-16)21-14-8-7-13-17(21)20-18/h1-6,9-12,17,19H,7-8,13-14H2. The van der Waals surface area contributed by atoms with Crippen LogP contribution in [-0.2, 0) is 0 Å². The Labute approximate surface area is 126 Å². The van der Waals surface area contributed by atoms with Gasteiger partial charge in [0.15, 0.2) is 0 Å². The van der Waals surface area contributed by atoms with Crippen LogP contribution in [0.5, 0.6) is 0 Å². The molecule has 0 spiro atoms. The third-order valence-corrected chi connectivity index (χ3v) is 4.58. The van der Waals surface area contributed by atoms with E-state index < -0.39 is 0 Å². The minimum atomic E-state index is 0.318. The summed E-state index contributed by atoms with van der Waals surface area (Å²) in [7, 11) is 0. The predicted octanol–water partition coefficient (Wildman–Crippen LogP) is 4.04. The Balaban J connectivity index is 1.78. The van der Waals surface area contributed by atoms with Crippen molar-refractivity contribution in [2.24, 2.45) is 4.99 Å². The summed E-state index contributed by atoms with van der Waals surface area (Å²) in [5.41, 5.74) is 3.87. The van der Waals surface area contributed by atoms with E-state index in [0.717, 1.165) is 6.54 Å². The lowest BCUT2D eigenvalue weighted by Gasteiger charge is -2.33. The Kier molecular flexibility index (Phi) is 3.32. The SMILES string of the molecule is c1ccc(C2=NC3CCCCN3C2c2ccccc2)cc1. The second-order valence-corrected chi connectivity index (χ2v) is 5.91. The third kappa shape index (κ3) is 2.30. The molecule has 0 radical (unpaired) electrons. The molecule has 1 saturated heterocycles. The van der Waals surface area contributed by atoms with Crippen LogP contribution in [0.4, 0.5) is 0 Å². The van der Waals surface area contributed by atoms with Crippen molar-refractivity contribution in [3.8, 4) is 0 Å². The highest BCUT2D eigenvalue weighted by atomic mass is 15.3. The van der Waals surface area contributed by atoms with E-state index in [1.807, 2.05) is 0 Å². The van der Waals surface area contributed by atoms with Gasteiger partial charge in [-0.05, 0) is 30.4 Å². The Morgan fingerprint density at radius 1 is 0.857 bits per heavy atom. The molecule has 2 atom stereocenters. The van der Waals surface area contributed by atoms with Crippen LogP contribution in [0.2, 0.25) is 0 Å². The second-order valence-electron chi connectivity index (χ2n) is 5.91. The number of benzene rings is 2. The summed E-state index contributed by atoms with van der Waals surface area (Å²) >= 11 is 0. The van der Waals surface area contributed by atoms with Crippen LogP contribution < -0.4 is 0 Å². The summed E-state index contributed by atoms with van der Waals surface area (Å²) in [6.45, 7) is 1.16. The fraction of sp³-hybridized carbons (Fsp3) is 0.316. The maximum absolute atomic E-state index is 5.08. The van der Waals surface area contributed by atoms with E-state index in [0.29, 0.717) is 12.2 Å². The minimum Gasteiger partial charge on any atom is -0.269 e. The summed E-state index contributed by atoms with van der Waals surface area (Å²) in [6, 6.07) is 21.8. The monoisotopic (exact) mass is 276 g/mol. The maximum Gasteiger partial charge on any atom is 0.103 e. The molecule has 2 aliphatic heterocycles.